The number of hydrogen-bond acceptors (Lipinski definition) is 8. The second-order valence-electron chi connectivity index (χ2n) is 15.6. The Morgan fingerprint density at radius 3 is 1.82 bits per heavy atom. The summed E-state index contributed by atoms with van der Waals surface area (Å²) in [4.78, 5) is 14.3. The molecule has 1 aliphatic carbocycles. The van der Waals surface area contributed by atoms with E-state index in [0.717, 1.165) is 12.8 Å². The first kappa shape index (κ1) is 34.1. The molecule has 226 valence electrons. The molecule has 0 amide bonds. The number of nitrogens with zero attached hydrogens (tertiary/aromatic N) is 4. The molecule has 0 aromatic carbocycles. The van der Waals surface area contributed by atoms with Crippen LogP contribution in [0.5, 0.6) is 0 Å². The van der Waals surface area contributed by atoms with E-state index in [9.17, 15) is 9.90 Å². The molecule has 1 aromatic rings. The molecule has 39 heavy (non-hydrogen) atoms. The van der Waals surface area contributed by atoms with Crippen molar-refractivity contribution in [1.29, 1.82) is 0 Å². The maximum Gasteiger partial charge on any atom is 0.311 e. The number of rotatable bonds is 10. The molecule has 0 unspecified atom stereocenters. The molecular formula is C28H56N4O5Si2. The van der Waals surface area contributed by atoms with Gasteiger partial charge in [-0.3, -0.25) is 4.79 Å². The van der Waals surface area contributed by atoms with E-state index in [-0.39, 0.29) is 40.8 Å². The molecule has 0 saturated heterocycles. The Kier molecular flexibility index (Phi) is 10.5. The van der Waals surface area contributed by atoms with Gasteiger partial charge in [-0.05, 0) is 75.1 Å². The van der Waals surface area contributed by atoms with Crippen molar-refractivity contribution >= 4 is 22.6 Å². The third-order valence-electron chi connectivity index (χ3n) is 8.99. The number of tetrazole rings is 1. The van der Waals surface area contributed by atoms with Gasteiger partial charge in [0, 0.05) is 18.8 Å². The summed E-state index contributed by atoms with van der Waals surface area (Å²) in [5.41, 5.74) is -1.87. The molecule has 0 radical (unpaired) electrons. The fourth-order valence-corrected chi connectivity index (χ4v) is 7.15. The summed E-state index contributed by atoms with van der Waals surface area (Å²) < 4.78 is 19.8. The van der Waals surface area contributed by atoms with Crippen LogP contribution >= 0.6 is 0 Å². The molecule has 0 bridgehead atoms. The van der Waals surface area contributed by atoms with Crippen molar-refractivity contribution in [3.05, 3.63) is 6.33 Å². The Labute approximate surface area is 239 Å². The van der Waals surface area contributed by atoms with Crippen LogP contribution in [0.25, 0.3) is 0 Å². The van der Waals surface area contributed by atoms with Crippen molar-refractivity contribution < 1.29 is 23.5 Å². The van der Waals surface area contributed by atoms with E-state index in [0.29, 0.717) is 19.4 Å². The highest BCUT2D eigenvalue weighted by molar-refractivity contribution is 6.74. The molecule has 1 fully saturated rings. The van der Waals surface area contributed by atoms with E-state index >= 15 is 0 Å². The lowest BCUT2D eigenvalue weighted by atomic mass is 9.73. The molecular weight excluding hydrogens is 529 g/mol. The lowest BCUT2D eigenvalue weighted by Crippen LogP contribution is -2.59. The van der Waals surface area contributed by atoms with Crippen molar-refractivity contribution in [3.63, 3.8) is 0 Å². The summed E-state index contributed by atoms with van der Waals surface area (Å²) in [5, 5.41) is 24.0. The van der Waals surface area contributed by atoms with Crippen molar-refractivity contribution in [1.82, 2.24) is 20.2 Å². The average Bonchev–Trinajstić information content (AvgIpc) is 3.24. The number of ether oxygens (including phenoxy) is 1. The number of aryl methyl sites for hydroxylation is 1. The molecule has 1 saturated carbocycles. The quantitative estimate of drug-likeness (QED) is 0.265. The van der Waals surface area contributed by atoms with Gasteiger partial charge in [0.25, 0.3) is 0 Å². The van der Waals surface area contributed by atoms with Crippen LogP contribution in [0.3, 0.4) is 0 Å². The summed E-state index contributed by atoms with van der Waals surface area (Å²) in [6, 6.07) is 0. The number of esters is 1. The SMILES string of the molecule is CC(C)(C)C(=O)OCC1(O)C[C@@H](O[Si](C)(C)C(C)(C)C)C(CCCn2ncnn2)[C@H](O[Si](C)(C)C(C)(C)C)C1. The summed E-state index contributed by atoms with van der Waals surface area (Å²) in [6.07, 6.45) is 3.49. The Morgan fingerprint density at radius 1 is 0.949 bits per heavy atom. The molecule has 1 aromatic heterocycles. The Hall–Kier alpha value is -1.15. The topological polar surface area (TPSA) is 109 Å². The van der Waals surface area contributed by atoms with Crippen LogP contribution in [-0.4, -0.2) is 72.3 Å². The third-order valence-corrected chi connectivity index (χ3v) is 18.0. The van der Waals surface area contributed by atoms with Gasteiger partial charge in [-0.25, -0.2) is 0 Å². The van der Waals surface area contributed by atoms with Crippen LogP contribution in [0.4, 0.5) is 0 Å². The predicted octanol–water partition coefficient (Wildman–Crippen LogP) is 5.96. The van der Waals surface area contributed by atoms with Gasteiger partial charge in [-0.1, -0.05) is 41.5 Å². The standard InChI is InChI=1S/C28H56N4O5Si2/c1-25(2,3)24(33)35-19-28(34)17-22(36-38(10,11)26(4,5)6)21(15-14-16-32-30-20-29-31-32)23(18-28)37-39(12,13)27(7,8)9/h20-23,34H,14-19H2,1-13H3/t21?,22-,23-,28?/m1/s1. The Balaban J connectivity index is 2.44. The normalized spacial score (nSPS) is 25.5. The maximum absolute atomic E-state index is 12.6. The van der Waals surface area contributed by atoms with Crippen molar-refractivity contribution in [2.45, 2.75) is 149 Å². The van der Waals surface area contributed by atoms with Crippen molar-refractivity contribution in [2.24, 2.45) is 11.3 Å². The first-order valence-electron chi connectivity index (χ1n) is 14.4. The largest absolute Gasteiger partial charge is 0.462 e. The smallest absolute Gasteiger partial charge is 0.311 e. The minimum Gasteiger partial charge on any atom is -0.462 e. The summed E-state index contributed by atoms with van der Waals surface area (Å²) in [7, 11) is -4.38. The molecule has 11 heteroatoms. The maximum atomic E-state index is 12.6. The third kappa shape index (κ3) is 9.17. The van der Waals surface area contributed by atoms with Gasteiger partial charge in [0.15, 0.2) is 23.0 Å². The Morgan fingerprint density at radius 2 is 1.44 bits per heavy atom. The summed E-state index contributed by atoms with van der Waals surface area (Å²) in [6.45, 7) is 28.5. The van der Waals surface area contributed by atoms with Crippen LogP contribution in [0.15, 0.2) is 6.33 Å². The molecule has 9 nitrogen and oxygen atoms in total. The lowest BCUT2D eigenvalue weighted by molar-refractivity contribution is -0.174. The van der Waals surface area contributed by atoms with Gasteiger partial charge in [0.2, 0.25) is 0 Å². The van der Waals surface area contributed by atoms with Gasteiger partial charge in [0.1, 0.15) is 12.2 Å². The number of aromatic nitrogens is 4. The van der Waals surface area contributed by atoms with E-state index < -0.39 is 27.7 Å². The Bertz CT molecular complexity index is 895. The lowest BCUT2D eigenvalue weighted by Gasteiger charge is -2.52. The fraction of sp³-hybridized carbons (Fsp3) is 0.929. The van der Waals surface area contributed by atoms with E-state index in [2.05, 4.69) is 83.1 Å². The van der Waals surface area contributed by atoms with Crippen LogP contribution in [0, 0.1) is 11.3 Å². The summed E-state index contributed by atoms with van der Waals surface area (Å²) in [5.74, 6) is -0.238. The highest BCUT2D eigenvalue weighted by Gasteiger charge is 2.52. The molecule has 2 atom stereocenters. The monoisotopic (exact) mass is 584 g/mol. The molecule has 2 rings (SSSR count). The zero-order valence-corrected chi connectivity index (χ0v) is 28.9. The number of carbonyl (C=O) groups excluding carboxylic acids is 1. The first-order chi connectivity index (χ1) is 17.5. The van der Waals surface area contributed by atoms with E-state index in [1.807, 2.05) is 20.8 Å². The molecule has 1 N–H and O–H groups in total. The molecule has 0 spiro atoms. The predicted molar refractivity (Wildman–Crippen MR) is 159 cm³/mol. The second kappa shape index (κ2) is 12.0. The summed E-state index contributed by atoms with van der Waals surface area (Å²) >= 11 is 0. The zero-order valence-electron chi connectivity index (χ0n) is 26.9. The first-order valence-corrected chi connectivity index (χ1v) is 20.3. The second-order valence-corrected chi connectivity index (χ2v) is 25.1. The van der Waals surface area contributed by atoms with Crippen LogP contribution < -0.4 is 0 Å². The minimum absolute atomic E-state index is 0.00620. The van der Waals surface area contributed by atoms with Gasteiger partial charge in [0.05, 0.1) is 24.2 Å². The number of aliphatic hydroxyl groups is 1. The average molecular weight is 585 g/mol. The van der Waals surface area contributed by atoms with E-state index in [1.54, 1.807) is 4.80 Å². The van der Waals surface area contributed by atoms with E-state index in [1.165, 1.54) is 6.33 Å². The van der Waals surface area contributed by atoms with Crippen LogP contribution in [0.1, 0.15) is 88.0 Å². The molecule has 1 heterocycles. The minimum atomic E-state index is -2.19. The van der Waals surface area contributed by atoms with Gasteiger partial charge in [-0.2, -0.15) is 4.80 Å². The molecule has 1 aliphatic rings. The van der Waals surface area contributed by atoms with Gasteiger partial charge >= 0.3 is 5.97 Å². The zero-order chi connectivity index (χ0) is 30.1. The highest BCUT2D eigenvalue weighted by Crippen LogP contribution is 2.47. The van der Waals surface area contributed by atoms with Gasteiger partial charge in [-0.15, -0.1) is 10.2 Å². The van der Waals surface area contributed by atoms with Crippen molar-refractivity contribution in [3.8, 4) is 0 Å². The molecule has 0 aliphatic heterocycles. The fourth-order valence-electron chi connectivity index (χ4n) is 4.41. The van der Waals surface area contributed by atoms with Gasteiger partial charge < -0.3 is 18.7 Å². The number of hydrogen-bond donors (Lipinski definition) is 1. The van der Waals surface area contributed by atoms with Crippen LogP contribution in [-0.2, 0) is 24.9 Å². The van der Waals surface area contributed by atoms with E-state index in [4.69, 9.17) is 13.6 Å². The van der Waals surface area contributed by atoms with Crippen LogP contribution in [0.2, 0.25) is 36.3 Å². The van der Waals surface area contributed by atoms with Crippen molar-refractivity contribution in [2.75, 3.05) is 6.61 Å². The number of carbonyl (C=O) groups is 1. The highest BCUT2D eigenvalue weighted by atomic mass is 28.4.